The molecule has 330 valence electrons. The van der Waals surface area contributed by atoms with Crippen molar-refractivity contribution >= 4 is 5.97 Å². The Kier molecular flexibility index (Phi) is 28.2. The number of benzene rings is 3. The second-order valence-corrected chi connectivity index (χ2v) is 12.7. The highest BCUT2D eigenvalue weighted by Gasteiger charge is 2.19. The van der Waals surface area contributed by atoms with Crippen molar-refractivity contribution in [1.82, 2.24) is 0 Å². The summed E-state index contributed by atoms with van der Waals surface area (Å²) in [7, 11) is 1.63. The quantitative estimate of drug-likeness (QED) is 0.0680. The van der Waals surface area contributed by atoms with Crippen molar-refractivity contribution in [3.63, 3.8) is 0 Å². The van der Waals surface area contributed by atoms with Crippen molar-refractivity contribution in [2.24, 2.45) is 0 Å². The Hall–Kier alpha value is -4.03. The number of rotatable bonds is 39. The molecule has 3 aromatic rings. The Morgan fingerprint density at radius 3 is 1.29 bits per heavy atom. The molecular formula is C44H64O15. The fourth-order valence-electron chi connectivity index (χ4n) is 5.02. The molecule has 0 spiro atoms. The molecule has 0 bridgehead atoms. The van der Waals surface area contributed by atoms with E-state index in [1.807, 2.05) is 54.6 Å². The minimum atomic E-state index is -1.14. The van der Waals surface area contributed by atoms with Crippen LogP contribution in [0.3, 0.4) is 0 Å². The van der Waals surface area contributed by atoms with Crippen LogP contribution in [0.2, 0.25) is 0 Å². The first-order chi connectivity index (χ1) is 29.1. The van der Waals surface area contributed by atoms with Gasteiger partial charge in [-0.2, -0.15) is 0 Å². The van der Waals surface area contributed by atoms with Gasteiger partial charge in [-0.3, -0.25) is 0 Å². The highest BCUT2D eigenvalue weighted by molar-refractivity contribution is 5.89. The van der Waals surface area contributed by atoms with E-state index in [2.05, 4.69) is 6.92 Å². The third-order valence-electron chi connectivity index (χ3n) is 8.13. The van der Waals surface area contributed by atoms with Crippen LogP contribution in [0.25, 0.3) is 0 Å². The first kappa shape index (κ1) is 49.3. The van der Waals surface area contributed by atoms with E-state index >= 15 is 0 Å². The molecule has 0 aromatic heterocycles. The molecule has 0 atom stereocenters. The van der Waals surface area contributed by atoms with Crippen LogP contribution in [0, 0.1) is 0 Å². The van der Waals surface area contributed by atoms with Crippen LogP contribution in [0.4, 0.5) is 0 Å². The first-order valence-electron chi connectivity index (χ1n) is 20.3. The van der Waals surface area contributed by atoms with Gasteiger partial charge >= 0.3 is 5.97 Å². The van der Waals surface area contributed by atoms with Gasteiger partial charge in [0.1, 0.15) is 25.6 Å². The Bertz CT molecular complexity index is 1460. The summed E-state index contributed by atoms with van der Waals surface area (Å²) in [6.45, 7) is 10.1. The molecule has 59 heavy (non-hydrogen) atoms. The predicted molar refractivity (Wildman–Crippen MR) is 219 cm³/mol. The second kappa shape index (κ2) is 33.8. The molecule has 0 radical (unpaired) electrons. The Labute approximate surface area is 348 Å². The highest BCUT2D eigenvalue weighted by atomic mass is 16.6. The van der Waals surface area contributed by atoms with Gasteiger partial charge in [0.25, 0.3) is 0 Å². The fourth-order valence-corrected chi connectivity index (χ4v) is 5.02. The van der Waals surface area contributed by atoms with Gasteiger partial charge in [-0.25, -0.2) is 4.79 Å². The summed E-state index contributed by atoms with van der Waals surface area (Å²) in [5, 5.41) is 9.85. The average molecular weight is 833 g/mol. The maximum Gasteiger partial charge on any atom is 0.335 e. The minimum Gasteiger partial charge on any atom is -0.497 e. The first-order valence-corrected chi connectivity index (χ1v) is 20.3. The topological polar surface area (TPSA) is 157 Å². The van der Waals surface area contributed by atoms with Gasteiger partial charge in [0.05, 0.1) is 125 Å². The lowest BCUT2D eigenvalue weighted by Crippen LogP contribution is -2.16. The lowest BCUT2D eigenvalue weighted by molar-refractivity contribution is 0.00407. The van der Waals surface area contributed by atoms with Gasteiger partial charge in [0.15, 0.2) is 11.5 Å². The number of carboxylic acids is 1. The van der Waals surface area contributed by atoms with Crippen LogP contribution in [0.15, 0.2) is 66.7 Å². The molecule has 3 aromatic carbocycles. The number of carbonyl (C=O) groups is 1. The smallest absolute Gasteiger partial charge is 0.335 e. The molecule has 0 fully saturated rings. The molecule has 0 amide bonds. The zero-order valence-electron chi connectivity index (χ0n) is 34.8. The van der Waals surface area contributed by atoms with E-state index in [1.54, 1.807) is 7.11 Å². The third kappa shape index (κ3) is 24.0. The lowest BCUT2D eigenvalue weighted by Gasteiger charge is -2.18. The van der Waals surface area contributed by atoms with Crippen LogP contribution >= 0.6 is 0 Å². The van der Waals surface area contributed by atoms with E-state index in [-0.39, 0.29) is 62.5 Å². The summed E-state index contributed by atoms with van der Waals surface area (Å²) < 4.78 is 73.7. The summed E-state index contributed by atoms with van der Waals surface area (Å²) in [5.41, 5.74) is 2.13. The summed E-state index contributed by atoms with van der Waals surface area (Å²) >= 11 is 0. The molecule has 0 aliphatic carbocycles. The second-order valence-electron chi connectivity index (χ2n) is 12.7. The molecule has 0 saturated heterocycles. The lowest BCUT2D eigenvalue weighted by atomic mass is 10.2. The summed E-state index contributed by atoms with van der Waals surface area (Å²) in [5.74, 6) is 0.298. The van der Waals surface area contributed by atoms with Gasteiger partial charge in [-0.1, -0.05) is 55.8 Å². The molecular weight excluding hydrogens is 768 g/mol. The number of hydrogen-bond acceptors (Lipinski definition) is 14. The van der Waals surface area contributed by atoms with E-state index in [1.165, 1.54) is 12.1 Å². The van der Waals surface area contributed by atoms with Crippen molar-refractivity contribution in [2.45, 2.75) is 33.0 Å². The summed E-state index contributed by atoms with van der Waals surface area (Å²) in [4.78, 5) is 12.0. The predicted octanol–water partition coefficient (Wildman–Crippen LogP) is 5.88. The molecule has 0 aliphatic rings. The monoisotopic (exact) mass is 832 g/mol. The van der Waals surface area contributed by atoms with Crippen molar-refractivity contribution in [2.75, 3.05) is 133 Å². The number of carboxylic acid groups (broad SMARTS) is 1. The Morgan fingerprint density at radius 1 is 0.475 bits per heavy atom. The maximum atomic E-state index is 12.0. The molecule has 0 aliphatic heterocycles. The van der Waals surface area contributed by atoms with Gasteiger partial charge in [0.2, 0.25) is 5.75 Å². The summed E-state index contributed by atoms with van der Waals surface area (Å²) in [6.07, 6.45) is 2.12. The van der Waals surface area contributed by atoms with Crippen LogP contribution in [-0.4, -0.2) is 144 Å². The van der Waals surface area contributed by atoms with Gasteiger partial charge < -0.3 is 66.7 Å². The van der Waals surface area contributed by atoms with E-state index in [0.717, 1.165) is 36.3 Å². The molecule has 1 N–H and O–H groups in total. The Balaban J connectivity index is 1.38. The van der Waals surface area contributed by atoms with E-state index in [9.17, 15) is 9.90 Å². The van der Waals surface area contributed by atoms with Crippen molar-refractivity contribution < 1.29 is 71.5 Å². The third-order valence-corrected chi connectivity index (χ3v) is 8.13. The van der Waals surface area contributed by atoms with E-state index < -0.39 is 5.97 Å². The minimum absolute atomic E-state index is 0.0255. The van der Waals surface area contributed by atoms with Crippen LogP contribution in [-0.2, 0) is 55.8 Å². The molecule has 0 heterocycles. The van der Waals surface area contributed by atoms with Gasteiger partial charge in [-0.15, -0.1) is 0 Å². The molecule has 3 rings (SSSR count). The fraction of sp³-hybridized carbons (Fsp3) is 0.568. The number of unbranched alkanes of at least 4 members (excludes halogenated alkanes) is 1. The molecule has 0 unspecified atom stereocenters. The average Bonchev–Trinajstić information content (AvgIpc) is 3.25. The number of ether oxygens (including phenoxy) is 13. The number of methoxy groups -OCH3 is 1. The van der Waals surface area contributed by atoms with Crippen LogP contribution in [0.5, 0.6) is 23.0 Å². The van der Waals surface area contributed by atoms with Crippen molar-refractivity contribution in [3.8, 4) is 23.0 Å². The highest BCUT2D eigenvalue weighted by Crippen LogP contribution is 2.39. The van der Waals surface area contributed by atoms with Crippen LogP contribution < -0.4 is 18.9 Å². The molecule has 15 nitrogen and oxygen atoms in total. The zero-order chi connectivity index (χ0) is 41.9. The number of hydrogen-bond donors (Lipinski definition) is 1. The zero-order valence-corrected chi connectivity index (χ0v) is 34.8. The van der Waals surface area contributed by atoms with Gasteiger partial charge in [-0.05, 0) is 41.8 Å². The van der Waals surface area contributed by atoms with E-state index in [4.69, 9.17) is 61.6 Å². The molecule has 15 heteroatoms. The SMILES string of the molecule is CCCCOCCOCCOCCOc1cc(C(=O)O)cc(OCCOCCOCCOCc2ccc(OC)cc2)c1OCCOCCOCCOCc1ccccc1. The standard InChI is InChI=1S/C44H64O15/c1-3-4-14-48-15-16-49-17-20-52-27-30-57-41-33-39(44(45)46)34-42(43(41)59-32-29-54-22-19-51-23-25-55-35-37-8-6-5-7-9-37)58-31-28-53-21-18-50-24-26-56-36-38-10-12-40(47-2)13-11-38/h5-13,33-34H,3-4,14-32,35-36H2,1-2H3,(H,45,46). The normalized spacial score (nSPS) is 11.2. The van der Waals surface area contributed by atoms with Crippen LogP contribution in [0.1, 0.15) is 41.3 Å². The Morgan fingerprint density at radius 2 is 0.864 bits per heavy atom. The largest absolute Gasteiger partial charge is 0.497 e. The van der Waals surface area contributed by atoms with Crippen molar-refractivity contribution in [3.05, 3.63) is 83.4 Å². The number of aromatic carboxylic acids is 1. The van der Waals surface area contributed by atoms with Crippen molar-refractivity contribution in [1.29, 1.82) is 0 Å². The molecule has 0 saturated carbocycles. The summed E-state index contributed by atoms with van der Waals surface area (Å²) in [6, 6.07) is 20.4. The van der Waals surface area contributed by atoms with E-state index in [0.29, 0.717) is 92.5 Å². The van der Waals surface area contributed by atoms with Gasteiger partial charge in [0, 0.05) is 6.61 Å². The maximum absolute atomic E-state index is 12.0.